The number of rotatable bonds is 2. The van der Waals surface area contributed by atoms with E-state index in [1.807, 2.05) is 0 Å². The number of nitrogens with one attached hydrogen (secondary N) is 1. The van der Waals surface area contributed by atoms with Gasteiger partial charge in [0, 0.05) is 0 Å². The fourth-order valence-electron chi connectivity index (χ4n) is 0.0487. The number of nitrogens with two attached hydrogens (primary N) is 1. The predicted molar refractivity (Wildman–Crippen MR) is 16.4 cm³/mol. The molecule has 0 aliphatic heterocycles. The third-order valence-corrected chi connectivity index (χ3v) is 0.687. The Kier molecular flexibility index (Phi) is 3.92. The molecule has 0 aliphatic rings. The van der Waals surface area contributed by atoms with Gasteiger partial charge in [-0.15, -0.1) is 0 Å². The Hall–Kier alpha value is -0.161. The van der Waals surface area contributed by atoms with Gasteiger partial charge in [-0.1, -0.05) is 0 Å². The molecule has 0 atom stereocenters. The van der Waals surface area contributed by atoms with Crippen LogP contribution in [0, 0.1) is 0 Å². The minimum absolute atomic E-state index is 0.884. The molecule has 0 saturated carbocycles. The zero-order valence-electron chi connectivity index (χ0n) is 3.17. The topological polar surface area (TPSA) is 84.6 Å². The van der Waals surface area contributed by atoms with Crippen molar-refractivity contribution in [3.05, 3.63) is 0 Å². The van der Waals surface area contributed by atoms with Crippen LogP contribution in [0.3, 0.4) is 0 Å². The van der Waals surface area contributed by atoms with E-state index in [0.29, 0.717) is 0 Å². The van der Waals surface area contributed by atoms with Gasteiger partial charge in [0.15, 0.2) is 0 Å². The van der Waals surface area contributed by atoms with Crippen molar-refractivity contribution in [1.82, 2.24) is 4.15 Å². The van der Waals surface area contributed by atoms with Gasteiger partial charge in [0.1, 0.15) is 0 Å². The van der Waals surface area contributed by atoms with E-state index in [1.54, 1.807) is 0 Å². The Morgan fingerprint density at radius 2 is 2.57 bits per heavy atom. The fraction of sp³-hybridized carbons (Fsp3) is 0. The van der Waals surface area contributed by atoms with Crippen LogP contribution in [-0.4, -0.2) is 11.3 Å². The maximum absolute atomic E-state index is 9.44. The first-order valence-electron chi connectivity index (χ1n) is 1.20. The molecule has 45 valence electrons. The molecule has 6 heteroatoms. The number of hydrogen-bond acceptors (Lipinski definition) is 4. The summed E-state index contributed by atoms with van der Waals surface area (Å²) in [5, 5.41) is 7.72. The van der Waals surface area contributed by atoms with E-state index in [0.717, 1.165) is 0 Å². The molecule has 0 fully saturated rings. The molecule has 0 aromatic carbocycles. The average Bonchev–Trinajstić information content (AvgIpc) is 1.61. The van der Waals surface area contributed by atoms with E-state index < -0.39 is 24.3 Å². The van der Waals surface area contributed by atoms with Crippen LogP contribution in [0.4, 0.5) is 4.79 Å². The molecule has 0 amide bonds. The van der Waals surface area contributed by atoms with Gasteiger partial charge in [-0.25, -0.2) is 0 Å². The van der Waals surface area contributed by atoms with Crippen molar-refractivity contribution in [2.75, 3.05) is 0 Å². The van der Waals surface area contributed by atoms with E-state index in [1.165, 1.54) is 0 Å². The van der Waals surface area contributed by atoms with Gasteiger partial charge < -0.3 is 0 Å². The Labute approximate surface area is 48.3 Å². The van der Waals surface area contributed by atoms with Gasteiger partial charge in [-0.05, 0) is 0 Å². The zero-order valence-corrected chi connectivity index (χ0v) is 5.57. The average molecular weight is 284 g/mol. The standard InChI is InChI=1S/CH2NO3.Ir.H2N/c2-5-1(3)4;;/h2H,(H,3,4);;1H2/q-1;+2;-1. The molecule has 0 bridgehead atoms. The molecule has 0 radical (unpaired) electrons. The van der Waals surface area contributed by atoms with Crippen molar-refractivity contribution < 1.29 is 32.9 Å². The molecule has 0 heterocycles. The van der Waals surface area contributed by atoms with Crippen molar-refractivity contribution in [2.24, 2.45) is 4.40 Å². The molecule has 0 aliphatic carbocycles. The third-order valence-electron chi connectivity index (χ3n) is 0.161. The van der Waals surface area contributed by atoms with Crippen molar-refractivity contribution >= 4 is 6.16 Å². The monoisotopic (exact) mass is 285 g/mol. The first kappa shape index (κ1) is 6.84. The summed E-state index contributed by atoms with van der Waals surface area (Å²) in [6.07, 6.45) is -1.35. The maximum atomic E-state index is 9.44. The molecule has 0 spiro atoms. The molecule has 7 heavy (non-hydrogen) atoms. The molecular formula is CH4IrN2O3. The molecule has 0 aromatic heterocycles. The predicted octanol–water partition coefficient (Wildman–Crippen LogP) is -0.943. The second kappa shape index (κ2) is 4.01. The van der Waals surface area contributed by atoms with Crippen LogP contribution >= 0.6 is 0 Å². The van der Waals surface area contributed by atoms with Crippen LogP contribution in [-0.2, 0) is 23.0 Å². The van der Waals surface area contributed by atoms with Gasteiger partial charge in [-0.2, -0.15) is 0 Å². The van der Waals surface area contributed by atoms with Crippen molar-refractivity contribution in [3.8, 4) is 0 Å². The van der Waals surface area contributed by atoms with Crippen LogP contribution in [0.15, 0.2) is 0 Å². The minimum atomic E-state index is -1.35. The Bertz CT molecular complexity index is 66.0. The van der Waals surface area contributed by atoms with Gasteiger partial charge in [0.05, 0.1) is 0 Å². The summed E-state index contributed by atoms with van der Waals surface area (Å²) in [5.74, 6) is 0. The third kappa shape index (κ3) is 5.84. The summed E-state index contributed by atoms with van der Waals surface area (Å²) in [6, 6.07) is 0. The van der Waals surface area contributed by atoms with Crippen LogP contribution in [0.2, 0.25) is 0 Å². The Balaban J connectivity index is 2.82. The van der Waals surface area contributed by atoms with Crippen molar-refractivity contribution in [3.63, 3.8) is 0 Å². The van der Waals surface area contributed by atoms with E-state index in [-0.39, 0.29) is 0 Å². The Morgan fingerprint density at radius 3 is 2.71 bits per heavy atom. The van der Waals surface area contributed by atoms with Crippen LogP contribution < -0.4 is 8.55 Å². The molecule has 0 aromatic rings. The van der Waals surface area contributed by atoms with Gasteiger partial charge in [0.25, 0.3) is 0 Å². The van der Waals surface area contributed by atoms with Crippen LogP contribution in [0.1, 0.15) is 0 Å². The van der Waals surface area contributed by atoms with Gasteiger partial charge >= 0.3 is 47.6 Å². The number of carboxylic acid groups (broad SMARTS) is 1. The van der Waals surface area contributed by atoms with Crippen molar-refractivity contribution in [2.45, 2.75) is 0 Å². The first-order chi connectivity index (χ1) is 3.27. The SMILES string of the molecule is [NH2][Ir][NH]OC(=O)O. The second-order valence-corrected chi connectivity index (χ2v) is 1.71. The van der Waals surface area contributed by atoms with Crippen LogP contribution in [0.25, 0.3) is 0 Å². The van der Waals surface area contributed by atoms with E-state index in [4.69, 9.17) is 9.51 Å². The molecular weight excluding hydrogens is 280 g/mol. The Morgan fingerprint density at radius 1 is 2.00 bits per heavy atom. The van der Waals surface area contributed by atoms with Crippen LogP contribution in [0.5, 0.6) is 0 Å². The summed E-state index contributed by atoms with van der Waals surface area (Å²) in [7, 11) is 0. The normalized spacial score (nSPS) is 8.71. The van der Waals surface area contributed by atoms with Gasteiger partial charge in [-0.3, -0.25) is 0 Å². The van der Waals surface area contributed by atoms with Crippen molar-refractivity contribution in [1.29, 1.82) is 0 Å². The summed E-state index contributed by atoms with van der Waals surface area (Å²) < 4.78 is 6.95. The van der Waals surface area contributed by atoms with Gasteiger partial charge in [0.2, 0.25) is 0 Å². The van der Waals surface area contributed by atoms with E-state index in [2.05, 4.69) is 8.99 Å². The molecule has 4 N–H and O–H groups in total. The number of carbonyl (C=O) groups is 1. The second-order valence-electron chi connectivity index (χ2n) is 0.532. The molecule has 0 rings (SSSR count). The van der Waals surface area contributed by atoms with E-state index >= 15 is 0 Å². The summed E-state index contributed by atoms with van der Waals surface area (Å²) >= 11 is -0.884. The zero-order chi connectivity index (χ0) is 5.70. The summed E-state index contributed by atoms with van der Waals surface area (Å²) in [5.41, 5.74) is 0. The van der Waals surface area contributed by atoms with E-state index in [9.17, 15) is 4.79 Å². The molecule has 0 saturated heterocycles. The number of hydrogen-bond donors (Lipinski definition) is 3. The quantitative estimate of drug-likeness (QED) is 0.570. The first-order valence-corrected chi connectivity index (χ1v) is 3.78. The summed E-state index contributed by atoms with van der Waals surface area (Å²) in [6.45, 7) is 0. The molecule has 0 unspecified atom stereocenters. The fourth-order valence-corrected chi connectivity index (χ4v) is 0.399. The molecule has 5 nitrogen and oxygen atoms in total. The summed E-state index contributed by atoms with van der Waals surface area (Å²) in [4.78, 5) is 13.2.